The van der Waals surface area contributed by atoms with E-state index < -0.39 is 11.1 Å². The van der Waals surface area contributed by atoms with Crippen LogP contribution in [0.4, 0.5) is 10.5 Å². The predicted octanol–water partition coefficient (Wildman–Crippen LogP) is 5.17. The standard InChI is InChI=1S/C25H23BrClN3O5S/c26-19-12-16(4-9-20(19)35-15-22(31)28-18-7-5-17(27)6-8-18)13-21-24(33)30(25(34)36-21)14-23(32)29-10-2-1-3-11-29/h4-9,12-13H,1-3,10-11,14-15H2,(H,28,31)/b21-13-. The summed E-state index contributed by atoms with van der Waals surface area (Å²) in [5.41, 5.74) is 1.27. The van der Waals surface area contributed by atoms with E-state index in [-0.39, 0.29) is 29.9 Å². The van der Waals surface area contributed by atoms with Crippen molar-refractivity contribution in [2.45, 2.75) is 19.3 Å². The Morgan fingerprint density at radius 1 is 1.08 bits per heavy atom. The van der Waals surface area contributed by atoms with Crippen LogP contribution in [0.2, 0.25) is 5.02 Å². The molecular formula is C25H23BrClN3O5S. The maximum atomic E-state index is 12.8. The largest absolute Gasteiger partial charge is 0.483 e. The first-order valence-electron chi connectivity index (χ1n) is 11.3. The van der Waals surface area contributed by atoms with Crippen LogP contribution >= 0.6 is 39.3 Å². The van der Waals surface area contributed by atoms with Crippen LogP contribution < -0.4 is 10.1 Å². The maximum Gasteiger partial charge on any atom is 0.294 e. The fourth-order valence-corrected chi connectivity index (χ4v) is 5.24. The molecule has 188 valence electrons. The van der Waals surface area contributed by atoms with E-state index in [2.05, 4.69) is 21.2 Å². The number of imide groups is 1. The van der Waals surface area contributed by atoms with Gasteiger partial charge in [-0.05, 0) is 95.0 Å². The summed E-state index contributed by atoms with van der Waals surface area (Å²) in [6.45, 7) is 0.882. The minimum absolute atomic E-state index is 0.204. The average Bonchev–Trinajstić information content (AvgIpc) is 3.12. The average molecular weight is 593 g/mol. The summed E-state index contributed by atoms with van der Waals surface area (Å²) in [7, 11) is 0. The Morgan fingerprint density at radius 3 is 2.50 bits per heavy atom. The van der Waals surface area contributed by atoms with Gasteiger partial charge in [0, 0.05) is 23.8 Å². The number of piperidine rings is 1. The van der Waals surface area contributed by atoms with Crippen LogP contribution in [0.25, 0.3) is 6.08 Å². The van der Waals surface area contributed by atoms with E-state index in [1.165, 1.54) is 0 Å². The van der Waals surface area contributed by atoms with Crippen LogP contribution in [0.3, 0.4) is 0 Å². The number of ether oxygens (including phenoxy) is 1. The van der Waals surface area contributed by atoms with Crippen LogP contribution in [0.5, 0.6) is 5.75 Å². The van der Waals surface area contributed by atoms with E-state index in [0.717, 1.165) is 35.9 Å². The van der Waals surface area contributed by atoms with E-state index in [4.69, 9.17) is 16.3 Å². The van der Waals surface area contributed by atoms with Gasteiger partial charge in [-0.25, -0.2) is 0 Å². The number of carbonyl (C=O) groups is 4. The monoisotopic (exact) mass is 591 g/mol. The molecule has 0 saturated carbocycles. The summed E-state index contributed by atoms with van der Waals surface area (Å²) in [5.74, 6) is -0.576. The molecule has 2 aromatic carbocycles. The molecule has 11 heteroatoms. The van der Waals surface area contributed by atoms with Gasteiger partial charge in [-0.1, -0.05) is 17.7 Å². The Labute approximate surface area is 226 Å². The Hall–Kier alpha value is -2.82. The van der Waals surface area contributed by atoms with Crippen molar-refractivity contribution >= 4 is 74.0 Å². The van der Waals surface area contributed by atoms with E-state index in [1.54, 1.807) is 53.4 Å². The van der Waals surface area contributed by atoms with Crippen LogP contribution in [0, 0.1) is 0 Å². The van der Waals surface area contributed by atoms with E-state index in [0.29, 0.717) is 39.6 Å². The fraction of sp³-hybridized carbons (Fsp3) is 0.280. The minimum atomic E-state index is -0.481. The fourth-order valence-electron chi connectivity index (χ4n) is 3.76. The van der Waals surface area contributed by atoms with Crippen molar-refractivity contribution in [3.8, 4) is 5.75 Å². The number of thioether (sulfide) groups is 1. The predicted molar refractivity (Wildman–Crippen MR) is 143 cm³/mol. The molecule has 2 aliphatic rings. The summed E-state index contributed by atoms with van der Waals surface area (Å²) in [6, 6.07) is 11.8. The van der Waals surface area contributed by atoms with Crippen molar-refractivity contribution in [1.82, 2.24) is 9.80 Å². The number of hydrogen-bond donors (Lipinski definition) is 1. The summed E-state index contributed by atoms with van der Waals surface area (Å²) >= 11 is 10.1. The second-order valence-electron chi connectivity index (χ2n) is 8.24. The van der Waals surface area contributed by atoms with Gasteiger partial charge >= 0.3 is 0 Å². The van der Waals surface area contributed by atoms with Gasteiger partial charge < -0.3 is 15.0 Å². The lowest BCUT2D eigenvalue weighted by Crippen LogP contribution is -2.44. The summed E-state index contributed by atoms with van der Waals surface area (Å²) < 4.78 is 6.17. The highest BCUT2D eigenvalue weighted by Gasteiger charge is 2.37. The molecule has 2 fully saturated rings. The first kappa shape index (κ1) is 26.2. The zero-order valence-electron chi connectivity index (χ0n) is 19.2. The molecule has 8 nitrogen and oxygen atoms in total. The molecule has 0 spiro atoms. The number of benzene rings is 2. The number of amides is 4. The lowest BCUT2D eigenvalue weighted by atomic mass is 10.1. The van der Waals surface area contributed by atoms with Gasteiger partial charge in [-0.2, -0.15) is 0 Å². The van der Waals surface area contributed by atoms with Crippen LogP contribution in [0.15, 0.2) is 51.8 Å². The Morgan fingerprint density at radius 2 is 1.81 bits per heavy atom. The number of hydrogen-bond acceptors (Lipinski definition) is 6. The third-order valence-corrected chi connectivity index (χ3v) is 7.40. The van der Waals surface area contributed by atoms with E-state index in [1.807, 2.05) is 0 Å². The first-order chi connectivity index (χ1) is 17.3. The van der Waals surface area contributed by atoms with Crippen molar-refractivity contribution in [1.29, 1.82) is 0 Å². The second-order valence-corrected chi connectivity index (χ2v) is 10.5. The molecule has 2 heterocycles. The van der Waals surface area contributed by atoms with Crippen LogP contribution in [-0.2, 0) is 14.4 Å². The molecule has 2 aliphatic heterocycles. The highest BCUT2D eigenvalue weighted by molar-refractivity contribution is 9.10. The van der Waals surface area contributed by atoms with Crippen molar-refractivity contribution in [2.75, 3.05) is 31.6 Å². The Balaban J connectivity index is 1.34. The molecule has 4 amide bonds. The van der Waals surface area contributed by atoms with Gasteiger partial charge in [-0.15, -0.1) is 0 Å². The van der Waals surface area contributed by atoms with E-state index >= 15 is 0 Å². The van der Waals surface area contributed by atoms with Crippen LogP contribution in [-0.4, -0.2) is 59.0 Å². The van der Waals surface area contributed by atoms with Crippen molar-refractivity contribution in [3.63, 3.8) is 0 Å². The summed E-state index contributed by atoms with van der Waals surface area (Å²) in [6.07, 6.45) is 4.56. The zero-order chi connectivity index (χ0) is 25.7. The number of halogens is 2. The van der Waals surface area contributed by atoms with Gasteiger partial charge in [0.1, 0.15) is 12.3 Å². The van der Waals surface area contributed by atoms with Crippen molar-refractivity contribution in [3.05, 3.63) is 62.4 Å². The highest BCUT2D eigenvalue weighted by Crippen LogP contribution is 2.34. The van der Waals surface area contributed by atoms with Crippen molar-refractivity contribution < 1.29 is 23.9 Å². The van der Waals surface area contributed by atoms with Gasteiger partial charge in [0.2, 0.25) is 5.91 Å². The second kappa shape index (κ2) is 11.9. The minimum Gasteiger partial charge on any atom is -0.483 e. The zero-order valence-corrected chi connectivity index (χ0v) is 22.3. The topological polar surface area (TPSA) is 96.0 Å². The molecule has 0 aromatic heterocycles. The molecule has 0 bridgehead atoms. The van der Waals surface area contributed by atoms with Gasteiger partial charge in [0.15, 0.2) is 6.61 Å². The van der Waals surface area contributed by atoms with Crippen molar-refractivity contribution in [2.24, 2.45) is 0 Å². The van der Waals surface area contributed by atoms with Gasteiger partial charge in [-0.3, -0.25) is 24.1 Å². The summed E-state index contributed by atoms with van der Waals surface area (Å²) in [4.78, 5) is 52.8. The van der Waals surface area contributed by atoms with Gasteiger partial charge in [0.25, 0.3) is 17.1 Å². The molecule has 0 aliphatic carbocycles. The molecular weight excluding hydrogens is 570 g/mol. The molecule has 36 heavy (non-hydrogen) atoms. The number of anilines is 1. The number of nitrogens with one attached hydrogen (secondary N) is 1. The SMILES string of the molecule is O=C(COc1ccc(/C=C2\SC(=O)N(CC(=O)N3CCCCC3)C2=O)cc1Br)Nc1ccc(Cl)cc1. The molecule has 1 N–H and O–H groups in total. The normalized spacial score (nSPS) is 17.0. The first-order valence-corrected chi connectivity index (χ1v) is 13.3. The quantitative estimate of drug-likeness (QED) is 0.446. The van der Waals surface area contributed by atoms with Gasteiger partial charge in [0.05, 0.1) is 9.38 Å². The number of carbonyl (C=O) groups excluding carboxylic acids is 4. The summed E-state index contributed by atoms with van der Waals surface area (Å²) in [5, 5.41) is 2.83. The molecule has 0 atom stereocenters. The Kier molecular flexibility index (Phi) is 8.71. The lowest BCUT2D eigenvalue weighted by molar-refractivity contribution is -0.136. The number of likely N-dealkylation sites (tertiary alicyclic amines) is 1. The highest BCUT2D eigenvalue weighted by atomic mass is 79.9. The molecule has 2 saturated heterocycles. The maximum absolute atomic E-state index is 12.8. The lowest BCUT2D eigenvalue weighted by Gasteiger charge is -2.27. The Bertz CT molecular complexity index is 1210. The number of rotatable bonds is 7. The molecule has 4 rings (SSSR count). The molecule has 2 aromatic rings. The van der Waals surface area contributed by atoms with E-state index in [9.17, 15) is 19.2 Å². The molecule has 0 unspecified atom stereocenters. The van der Waals surface area contributed by atoms with Crippen LogP contribution in [0.1, 0.15) is 24.8 Å². The molecule has 0 radical (unpaired) electrons. The smallest absolute Gasteiger partial charge is 0.294 e. The number of nitrogens with zero attached hydrogens (tertiary/aromatic N) is 2. The third-order valence-electron chi connectivity index (χ3n) is 5.62. The third kappa shape index (κ3) is 6.68.